The van der Waals surface area contributed by atoms with Crippen molar-refractivity contribution in [3.63, 3.8) is 0 Å². The summed E-state index contributed by atoms with van der Waals surface area (Å²) in [5.41, 5.74) is 2.08. The molecule has 1 N–H and O–H groups in total. The van der Waals surface area contributed by atoms with E-state index in [1.165, 1.54) is 3.57 Å². The largest absolute Gasteiger partial charge is 0.325 e. The Labute approximate surface area is 84.5 Å². The lowest BCUT2D eigenvalue weighted by atomic mass is 10.0. The molecule has 0 fully saturated rings. The molecule has 1 atom stereocenters. The van der Waals surface area contributed by atoms with Crippen molar-refractivity contribution >= 4 is 34.2 Å². The normalized spacial score (nSPS) is 20.5. The van der Waals surface area contributed by atoms with Gasteiger partial charge in [0.15, 0.2) is 0 Å². The second-order valence-electron chi connectivity index (χ2n) is 2.94. The van der Waals surface area contributed by atoms with Crippen LogP contribution >= 0.6 is 22.6 Å². The summed E-state index contributed by atoms with van der Waals surface area (Å²) in [7, 11) is 0. The Morgan fingerprint density at radius 3 is 3.00 bits per heavy atom. The second-order valence-corrected chi connectivity index (χ2v) is 4.19. The SMILES string of the molecule is C[C@H]1C(=O)Nc2ccc(I)cc21. The van der Waals surface area contributed by atoms with E-state index in [0.717, 1.165) is 11.3 Å². The quantitative estimate of drug-likeness (QED) is 0.722. The van der Waals surface area contributed by atoms with Crippen LogP contribution < -0.4 is 5.32 Å². The van der Waals surface area contributed by atoms with Crippen molar-refractivity contribution in [3.05, 3.63) is 27.3 Å². The lowest BCUT2D eigenvalue weighted by Gasteiger charge is -2.00. The van der Waals surface area contributed by atoms with Crippen LogP contribution in [0, 0.1) is 3.57 Å². The monoisotopic (exact) mass is 273 g/mol. The molecule has 1 aromatic carbocycles. The maximum atomic E-state index is 11.2. The van der Waals surface area contributed by atoms with Crippen molar-refractivity contribution in [2.45, 2.75) is 12.8 Å². The molecule has 2 nitrogen and oxygen atoms in total. The molecule has 0 unspecified atom stereocenters. The number of halogens is 1. The smallest absolute Gasteiger partial charge is 0.231 e. The first-order chi connectivity index (χ1) is 5.68. The van der Waals surface area contributed by atoms with Crippen LogP contribution in [0.25, 0.3) is 0 Å². The molecule has 0 radical (unpaired) electrons. The van der Waals surface area contributed by atoms with E-state index in [9.17, 15) is 4.79 Å². The number of carbonyl (C=O) groups is 1. The average Bonchev–Trinajstić information content (AvgIpc) is 2.31. The first kappa shape index (κ1) is 8.04. The lowest BCUT2D eigenvalue weighted by molar-refractivity contribution is -0.116. The highest BCUT2D eigenvalue weighted by molar-refractivity contribution is 14.1. The third kappa shape index (κ3) is 1.12. The zero-order chi connectivity index (χ0) is 8.72. The van der Waals surface area contributed by atoms with Crippen molar-refractivity contribution in [3.8, 4) is 0 Å². The number of amides is 1. The summed E-state index contributed by atoms with van der Waals surface area (Å²) in [5.74, 6) is 0.113. The molecular formula is C9H8INO. The highest BCUT2D eigenvalue weighted by atomic mass is 127. The summed E-state index contributed by atoms with van der Waals surface area (Å²) >= 11 is 2.25. The van der Waals surface area contributed by atoms with Crippen LogP contribution in [0.3, 0.4) is 0 Å². The summed E-state index contributed by atoms with van der Waals surface area (Å²) in [6.07, 6.45) is 0. The van der Waals surface area contributed by atoms with E-state index < -0.39 is 0 Å². The first-order valence-electron chi connectivity index (χ1n) is 3.79. The summed E-state index contributed by atoms with van der Waals surface area (Å²) in [6, 6.07) is 6.01. The van der Waals surface area contributed by atoms with Crippen LogP contribution in [-0.4, -0.2) is 5.91 Å². The molecule has 1 aliphatic heterocycles. The third-order valence-corrected chi connectivity index (χ3v) is 2.80. The predicted molar refractivity (Wildman–Crippen MR) is 56.2 cm³/mol. The van der Waals surface area contributed by atoms with Crippen molar-refractivity contribution < 1.29 is 4.79 Å². The Hall–Kier alpha value is -0.580. The number of benzene rings is 1. The number of carbonyl (C=O) groups excluding carboxylic acids is 1. The fourth-order valence-corrected chi connectivity index (χ4v) is 1.90. The molecule has 12 heavy (non-hydrogen) atoms. The van der Waals surface area contributed by atoms with Gasteiger partial charge in [-0.3, -0.25) is 4.79 Å². The highest BCUT2D eigenvalue weighted by Gasteiger charge is 2.25. The minimum absolute atomic E-state index is 0.00900. The molecule has 0 saturated carbocycles. The van der Waals surface area contributed by atoms with Gasteiger partial charge in [0.1, 0.15) is 0 Å². The zero-order valence-corrected chi connectivity index (χ0v) is 8.75. The molecule has 0 aliphatic carbocycles. The second kappa shape index (κ2) is 2.73. The van der Waals surface area contributed by atoms with Gasteiger partial charge in [-0.2, -0.15) is 0 Å². The van der Waals surface area contributed by atoms with Gasteiger partial charge >= 0.3 is 0 Å². The van der Waals surface area contributed by atoms with Crippen LogP contribution in [-0.2, 0) is 4.79 Å². The lowest BCUT2D eigenvalue weighted by Crippen LogP contribution is -2.08. The van der Waals surface area contributed by atoms with Gasteiger partial charge in [0, 0.05) is 9.26 Å². The van der Waals surface area contributed by atoms with E-state index in [1.54, 1.807) is 0 Å². The van der Waals surface area contributed by atoms with Crippen molar-refractivity contribution in [1.29, 1.82) is 0 Å². The molecular weight excluding hydrogens is 265 g/mol. The molecule has 0 bridgehead atoms. The topological polar surface area (TPSA) is 29.1 Å². The number of anilines is 1. The van der Waals surface area contributed by atoms with E-state index in [0.29, 0.717) is 0 Å². The van der Waals surface area contributed by atoms with E-state index in [-0.39, 0.29) is 11.8 Å². The van der Waals surface area contributed by atoms with E-state index in [1.807, 2.05) is 19.1 Å². The zero-order valence-electron chi connectivity index (χ0n) is 6.60. The molecule has 3 heteroatoms. The van der Waals surface area contributed by atoms with Gasteiger partial charge in [-0.1, -0.05) is 0 Å². The van der Waals surface area contributed by atoms with Crippen molar-refractivity contribution in [2.24, 2.45) is 0 Å². The molecule has 0 saturated heterocycles. The van der Waals surface area contributed by atoms with Gasteiger partial charge in [0.25, 0.3) is 0 Å². The number of nitrogens with one attached hydrogen (secondary N) is 1. The summed E-state index contributed by atoms with van der Waals surface area (Å²) in [5, 5.41) is 2.83. The van der Waals surface area contributed by atoms with Crippen LogP contribution in [0.2, 0.25) is 0 Å². The Bertz CT molecular complexity index is 348. The van der Waals surface area contributed by atoms with Gasteiger partial charge in [0.05, 0.1) is 5.92 Å². The van der Waals surface area contributed by atoms with Crippen LogP contribution in [0.4, 0.5) is 5.69 Å². The summed E-state index contributed by atoms with van der Waals surface area (Å²) in [6.45, 7) is 1.93. The highest BCUT2D eigenvalue weighted by Crippen LogP contribution is 2.32. The molecule has 2 rings (SSSR count). The molecule has 0 spiro atoms. The number of rotatable bonds is 0. The summed E-state index contributed by atoms with van der Waals surface area (Å²) in [4.78, 5) is 11.2. The summed E-state index contributed by atoms with van der Waals surface area (Å²) < 4.78 is 1.18. The number of hydrogen-bond acceptors (Lipinski definition) is 1. The maximum absolute atomic E-state index is 11.2. The Kier molecular flexibility index (Phi) is 1.83. The Balaban J connectivity index is 2.55. The third-order valence-electron chi connectivity index (χ3n) is 2.13. The molecule has 1 aromatic rings. The van der Waals surface area contributed by atoms with Crippen LogP contribution in [0.5, 0.6) is 0 Å². The van der Waals surface area contributed by atoms with E-state index in [4.69, 9.17) is 0 Å². The van der Waals surface area contributed by atoms with Gasteiger partial charge in [-0.15, -0.1) is 0 Å². The van der Waals surface area contributed by atoms with Crippen LogP contribution in [0.1, 0.15) is 18.4 Å². The standard InChI is InChI=1S/C9H8INO/c1-5-7-4-6(10)2-3-8(7)11-9(5)12/h2-5H,1H3,(H,11,12)/t5-/m1/s1. The average molecular weight is 273 g/mol. The maximum Gasteiger partial charge on any atom is 0.231 e. The predicted octanol–water partition coefficient (Wildman–Crippen LogP) is 2.35. The van der Waals surface area contributed by atoms with Gasteiger partial charge < -0.3 is 5.32 Å². The van der Waals surface area contributed by atoms with E-state index in [2.05, 4.69) is 34.0 Å². The Morgan fingerprint density at radius 2 is 2.25 bits per heavy atom. The van der Waals surface area contributed by atoms with Crippen LogP contribution in [0.15, 0.2) is 18.2 Å². The first-order valence-corrected chi connectivity index (χ1v) is 4.86. The minimum Gasteiger partial charge on any atom is -0.325 e. The van der Waals surface area contributed by atoms with Crippen molar-refractivity contribution in [2.75, 3.05) is 5.32 Å². The molecule has 1 amide bonds. The fraction of sp³-hybridized carbons (Fsp3) is 0.222. The molecule has 1 heterocycles. The molecule has 0 aromatic heterocycles. The van der Waals surface area contributed by atoms with Gasteiger partial charge in [-0.25, -0.2) is 0 Å². The van der Waals surface area contributed by atoms with Gasteiger partial charge in [-0.05, 0) is 53.3 Å². The number of hydrogen-bond donors (Lipinski definition) is 1. The fourth-order valence-electron chi connectivity index (χ4n) is 1.39. The van der Waals surface area contributed by atoms with Gasteiger partial charge in [0.2, 0.25) is 5.91 Å². The van der Waals surface area contributed by atoms with E-state index >= 15 is 0 Å². The minimum atomic E-state index is 0.00900. The Morgan fingerprint density at radius 1 is 1.50 bits per heavy atom. The molecule has 1 aliphatic rings. The van der Waals surface area contributed by atoms with Crippen molar-refractivity contribution in [1.82, 2.24) is 0 Å². The molecule has 62 valence electrons. The number of fused-ring (bicyclic) bond motifs is 1.